The molecule has 8 heterocycles. The van der Waals surface area contributed by atoms with Gasteiger partial charge in [0, 0.05) is 97.0 Å². The van der Waals surface area contributed by atoms with Gasteiger partial charge in [-0.2, -0.15) is 4.98 Å². The molecule has 8 aromatic heterocycles. The van der Waals surface area contributed by atoms with Gasteiger partial charge in [-0.25, -0.2) is 24.9 Å². The molecule has 146 heavy (non-hydrogen) atoms. The maximum absolute atomic E-state index is 7.22. The van der Waals surface area contributed by atoms with Crippen molar-refractivity contribution in [1.82, 2.24) is 43.6 Å². The molecule has 0 bridgehead atoms. The van der Waals surface area contributed by atoms with E-state index < -0.39 is 5.41 Å². The average Bonchev–Trinajstić information content (AvgIpc) is 1.53. The van der Waals surface area contributed by atoms with Crippen molar-refractivity contribution in [3.8, 4) is 85.0 Å². The van der Waals surface area contributed by atoms with Crippen LogP contribution in [-0.4, -0.2) is 43.6 Å². The van der Waals surface area contributed by atoms with Gasteiger partial charge in [-0.1, -0.05) is 372 Å². The minimum atomic E-state index is -0.527. The highest BCUT2D eigenvalue weighted by Crippen LogP contribution is 2.57. The number of aromatic nitrogens is 9. The predicted octanol–water partition coefficient (Wildman–Crippen LogP) is 36.1. The van der Waals surface area contributed by atoms with Gasteiger partial charge in [-0.05, 0) is 219 Å². The third-order valence-corrected chi connectivity index (χ3v) is 33.2. The van der Waals surface area contributed by atoms with Gasteiger partial charge in [0.05, 0.1) is 61.3 Å². The van der Waals surface area contributed by atoms with Crippen LogP contribution in [0.4, 0.5) is 0 Å². The van der Waals surface area contributed by atoms with Crippen molar-refractivity contribution in [2.45, 2.75) is 19.3 Å². The molecular weight excluding hydrogens is 1800 g/mol. The molecule has 1 aliphatic rings. The van der Waals surface area contributed by atoms with Gasteiger partial charge in [0.15, 0.2) is 0 Å². The Morgan fingerprint density at radius 3 is 1.03 bits per heavy atom. The van der Waals surface area contributed by atoms with E-state index in [2.05, 4.69) is 458 Å². The van der Waals surface area contributed by atoms with Crippen molar-refractivity contribution in [2.24, 2.45) is 0 Å². The first-order valence-electron chi connectivity index (χ1n) is 50.0. The lowest BCUT2D eigenvalue weighted by molar-refractivity contribution is 0.632. The molecule has 24 aromatic carbocycles. The predicted molar refractivity (Wildman–Crippen MR) is 611 cm³/mol. The Balaban J connectivity index is 0.548. The van der Waals surface area contributed by atoms with Crippen molar-refractivity contribution in [1.29, 1.82) is 0 Å². The second-order valence-corrected chi connectivity index (χ2v) is 41.0. The van der Waals surface area contributed by atoms with E-state index in [1.165, 1.54) is 107 Å². The van der Waals surface area contributed by atoms with Crippen LogP contribution in [0, 0.1) is 0 Å². The fraction of sp³-hybridized carbons (Fsp3) is 0.0222. The molecule has 1 aliphatic carbocycles. The Bertz CT molecular complexity index is 11500. The highest BCUT2D eigenvalue weighted by molar-refractivity contribution is 7.25. The number of hydrogen-bond acceptors (Lipinski definition) is 8. The Morgan fingerprint density at radius 1 is 0.219 bits per heavy atom. The molecule has 10 nitrogen and oxygen atoms in total. The van der Waals surface area contributed by atoms with E-state index in [1.807, 2.05) is 0 Å². The molecule has 0 aliphatic heterocycles. The number of thiophene rings is 1. The molecule has 0 atom stereocenters. The topological polar surface area (TPSA) is 105 Å². The molecule has 0 saturated heterocycles. The minimum Gasteiger partial charge on any atom is -0.437 e. The van der Waals surface area contributed by atoms with Gasteiger partial charge in [0.1, 0.15) is 10.4 Å². The number of furan rings is 1. The van der Waals surface area contributed by atoms with Gasteiger partial charge in [0.25, 0.3) is 0 Å². The van der Waals surface area contributed by atoms with E-state index in [0.717, 1.165) is 203 Å². The molecule has 0 saturated carbocycles. The summed E-state index contributed by atoms with van der Waals surface area (Å²) in [6.45, 7) is 4.69. The van der Waals surface area contributed by atoms with Crippen LogP contribution in [0.2, 0.25) is 0 Å². The summed E-state index contributed by atoms with van der Waals surface area (Å²) in [6, 6.07) is 158. The minimum absolute atomic E-state index is 0.496. The zero-order valence-corrected chi connectivity index (χ0v) is 79.6. The Kier molecular flexibility index (Phi) is 16.2. The van der Waals surface area contributed by atoms with Crippen LogP contribution >= 0.6 is 11.3 Å². The maximum Gasteiger partial charge on any atom is 0.238 e. The molecule has 0 radical (unpaired) electrons. The van der Waals surface area contributed by atoms with Crippen LogP contribution < -0.4 is 0 Å². The third kappa shape index (κ3) is 11.0. The second kappa shape index (κ2) is 29.6. The summed E-state index contributed by atoms with van der Waals surface area (Å²) in [4.78, 5) is 35.7. The molecule has 0 N–H and O–H groups in total. The lowest BCUT2D eigenvalue weighted by atomic mass is 9.84. The summed E-state index contributed by atoms with van der Waals surface area (Å²) in [6.07, 6.45) is 0. The van der Waals surface area contributed by atoms with Gasteiger partial charge >= 0.3 is 0 Å². The van der Waals surface area contributed by atoms with Crippen LogP contribution in [-0.2, 0) is 5.41 Å². The maximum atomic E-state index is 7.22. The normalized spacial score (nSPS) is 12.9. The SMILES string of the molecule is CC1(C)c2ccc(-c3ccc4c(c3)c3ccccc3c3ccc5c(c34)c3c4ccccc4ccc3n5-c3nc(-c4ccccc4)c4c(n3)oc3ccc(-c5ccc6c(c5)c5ccccc5c5ccc7c(c56)c5c6ccccc6ccc5n7-c5nc(-c6ccccc6)c6c(n5)sc5ccccc56)cc34)cc2-c2c(-c3ccccc3)nc(-n3c4ccc5ccccc5c4c4c5c6ccccc6c6ccccc6c5ccc43)nc21. The van der Waals surface area contributed by atoms with Crippen molar-refractivity contribution in [2.75, 3.05) is 0 Å². The van der Waals surface area contributed by atoms with Crippen molar-refractivity contribution >= 4 is 248 Å². The molecule has 0 spiro atoms. The average molecular weight is 1870 g/mol. The molecule has 674 valence electrons. The van der Waals surface area contributed by atoms with E-state index in [4.69, 9.17) is 34.3 Å². The van der Waals surface area contributed by atoms with Crippen LogP contribution in [0.25, 0.3) is 322 Å². The summed E-state index contributed by atoms with van der Waals surface area (Å²) in [5.74, 6) is 1.78. The Morgan fingerprint density at radius 2 is 0.548 bits per heavy atom. The van der Waals surface area contributed by atoms with E-state index in [9.17, 15) is 0 Å². The number of nitrogens with zero attached hydrogens (tertiary/aromatic N) is 9. The summed E-state index contributed by atoms with van der Waals surface area (Å²) in [5, 5.41) is 39.4. The van der Waals surface area contributed by atoms with Gasteiger partial charge < -0.3 is 4.42 Å². The van der Waals surface area contributed by atoms with E-state index in [-0.39, 0.29) is 0 Å². The molecular formula is C135H77N9OS. The van der Waals surface area contributed by atoms with Crippen molar-refractivity contribution < 1.29 is 4.42 Å². The lowest BCUT2D eigenvalue weighted by Crippen LogP contribution is -2.18. The molecule has 0 amide bonds. The number of benzene rings is 24. The van der Waals surface area contributed by atoms with Crippen molar-refractivity contribution in [3.05, 3.63) is 442 Å². The largest absolute Gasteiger partial charge is 0.437 e. The zero-order chi connectivity index (χ0) is 95.3. The molecule has 0 fully saturated rings. The smallest absolute Gasteiger partial charge is 0.238 e. The monoisotopic (exact) mass is 1870 g/mol. The first-order chi connectivity index (χ1) is 72.2. The Labute approximate surface area is 836 Å². The quantitative estimate of drug-likeness (QED) is 0.140. The molecule has 32 aromatic rings. The number of hydrogen-bond donors (Lipinski definition) is 0. The van der Waals surface area contributed by atoms with Gasteiger partial charge in [0.2, 0.25) is 23.6 Å². The first kappa shape index (κ1) is 79.8. The standard InChI is InChI=1S/C135H77N9OS/c1-135(2)105-62-52-82(72-103(105)120-126(77-31-6-3-7-32-77)136-132(139-129(120)135)142-106-63-53-74-28-12-15-37-84(74)117(106)123-109(142)66-59-95-89-42-19-18-40-87(89)88-41-24-25-47-94(88)114(95)123)80-50-57-98-101(70-80)92-45-22-20-43-90(92)96-60-67-110-124(115(96)98)118-85-38-16-13-29-75(85)54-64-107(118)143(110)133-137-127(78-33-8-4-9-34-78)121-104-73-83(56-69-112(104)145-130(121)140-133)81-51-58-99-102(71-81)93-46-23-21-44-91(93)97-61-68-111-125(116(97)99)119-86-39-17-14-30-76(86)55-65-108(119)144(111)134-138-128(79-35-10-5-11-36-79)122-100-48-26-27-49-113(100)146-131(122)141-134/h3-73H,1-2H3. The van der Waals surface area contributed by atoms with Crippen LogP contribution in [0.15, 0.2) is 435 Å². The van der Waals surface area contributed by atoms with E-state index >= 15 is 0 Å². The summed E-state index contributed by atoms with van der Waals surface area (Å²) >= 11 is 1.72. The summed E-state index contributed by atoms with van der Waals surface area (Å²) in [5.41, 5.74) is 21.2. The van der Waals surface area contributed by atoms with Crippen molar-refractivity contribution in [3.63, 3.8) is 0 Å². The highest BCUT2D eigenvalue weighted by atomic mass is 32.1. The highest BCUT2D eigenvalue weighted by Gasteiger charge is 2.42. The van der Waals surface area contributed by atoms with Gasteiger partial charge in [-0.15, -0.1) is 11.3 Å². The fourth-order valence-corrected chi connectivity index (χ4v) is 26.9. The van der Waals surface area contributed by atoms with Crippen LogP contribution in [0.5, 0.6) is 0 Å². The summed E-state index contributed by atoms with van der Waals surface area (Å²) in [7, 11) is 0. The molecule has 33 rings (SSSR count). The van der Waals surface area contributed by atoms with Gasteiger partial charge in [-0.3, -0.25) is 13.7 Å². The van der Waals surface area contributed by atoms with E-state index in [1.54, 1.807) is 11.3 Å². The van der Waals surface area contributed by atoms with E-state index in [0.29, 0.717) is 23.6 Å². The number of rotatable bonds is 8. The zero-order valence-electron chi connectivity index (χ0n) is 78.8. The third-order valence-electron chi connectivity index (χ3n) is 32.2. The number of fused-ring (bicyclic) bond motifs is 45. The Hall–Kier alpha value is -18.9. The molecule has 0 unspecified atom stereocenters. The fourth-order valence-electron chi connectivity index (χ4n) is 25.8. The van der Waals surface area contributed by atoms with Crippen LogP contribution in [0.1, 0.15) is 25.1 Å². The first-order valence-corrected chi connectivity index (χ1v) is 50.8. The molecule has 11 heteroatoms. The lowest BCUT2D eigenvalue weighted by Gasteiger charge is -2.21. The van der Waals surface area contributed by atoms with Crippen LogP contribution in [0.3, 0.4) is 0 Å². The second-order valence-electron chi connectivity index (χ2n) is 40.0. The summed E-state index contributed by atoms with van der Waals surface area (Å²) < 4.78 is 15.4.